The highest BCUT2D eigenvalue weighted by atomic mass is 16.1. The molecule has 0 N–H and O–H groups in total. The van der Waals surface area contributed by atoms with Crippen LogP contribution in [0, 0.1) is 11.3 Å². The van der Waals surface area contributed by atoms with E-state index >= 15 is 0 Å². The van der Waals surface area contributed by atoms with Crippen LogP contribution < -0.4 is 0 Å². The normalized spacial score (nSPS) is 14.2. The van der Waals surface area contributed by atoms with Crippen molar-refractivity contribution in [3.05, 3.63) is 24.0 Å². The molecule has 0 aromatic heterocycles. The van der Waals surface area contributed by atoms with Gasteiger partial charge in [0.1, 0.15) is 5.78 Å². The van der Waals surface area contributed by atoms with E-state index in [1.54, 1.807) is 6.92 Å². The fourth-order valence-corrected chi connectivity index (χ4v) is 3.02. The van der Waals surface area contributed by atoms with Gasteiger partial charge in [0, 0.05) is 37.1 Å². The average molecular weight is 377 g/mol. The van der Waals surface area contributed by atoms with E-state index in [0.29, 0.717) is 12.3 Å². The fraction of sp³-hybridized carbons (Fsp3) is 0.750. The molecular formula is C24H44N2O. The van der Waals surface area contributed by atoms with Crippen LogP contribution in [0.1, 0.15) is 93.9 Å². The number of hydrogen-bond donors (Lipinski definition) is 0. The zero-order valence-electron chi connectivity index (χ0n) is 19.3. The summed E-state index contributed by atoms with van der Waals surface area (Å²) in [4.78, 5) is 18.1. The smallest absolute Gasteiger partial charge is 0.129 e. The third-order valence-corrected chi connectivity index (χ3v) is 4.61. The van der Waals surface area contributed by atoms with Gasteiger partial charge in [-0.15, -0.1) is 0 Å². The van der Waals surface area contributed by atoms with Crippen LogP contribution in [0.25, 0.3) is 0 Å². The number of carbonyl (C=O) groups is 1. The van der Waals surface area contributed by atoms with Crippen molar-refractivity contribution in [1.82, 2.24) is 4.90 Å². The Morgan fingerprint density at radius 1 is 1.15 bits per heavy atom. The lowest BCUT2D eigenvalue weighted by Crippen LogP contribution is -2.27. The molecule has 0 radical (unpaired) electrons. The van der Waals surface area contributed by atoms with Crippen molar-refractivity contribution in [2.24, 2.45) is 16.3 Å². The number of carbonyl (C=O) groups excluding carboxylic acids is 1. The van der Waals surface area contributed by atoms with E-state index in [-0.39, 0.29) is 11.2 Å². The molecule has 0 aliphatic rings. The van der Waals surface area contributed by atoms with Crippen molar-refractivity contribution in [2.75, 3.05) is 13.1 Å². The van der Waals surface area contributed by atoms with Crippen LogP contribution in [0.5, 0.6) is 0 Å². The number of aliphatic imine (C=N–C) groups is 1. The van der Waals surface area contributed by atoms with E-state index in [1.807, 2.05) is 6.20 Å². The number of allylic oxidation sites excluding steroid dienone is 1. The molecule has 0 saturated heterocycles. The Morgan fingerprint density at radius 2 is 1.74 bits per heavy atom. The Labute approximate surface area is 169 Å². The topological polar surface area (TPSA) is 32.7 Å². The third-order valence-electron chi connectivity index (χ3n) is 4.61. The predicted molar refractivity (Wildman–Crippen MR) is 120 cm³/mol. The maximum absolute atomic E-state index is 11.1. The van der Waals surface area contributed by atoms with Crippen molar-refractivity contribution in [3.8, 4) is 0 Å². The van der Waals surface area contributed by atoms with E-state index in [9.17, 15) is 4.79 Å². The second-order valence-electron chi connectivity index (χ2n) is 9.45. The zero-order valence-corrected chi connectivity index (χ0v) is 19.3. The lowest BCUT2D eigenvalue weighted by Gasteiger charge is -2.31. The zero-order chi connectivity index (χ0) is 21.0. The van der Waals surface area contributed by atoms with Gasteiger partial charge in [-0.25, -0.2) is 0 Å². The first-order chi connectivity index (χ1) is 12.4. The highest BCUT2D eigenvalue weighted by molar-refractivity contribution is 5.82. The maximum Gasteiger partial charge on any atom is 0.129 e. The Hall–Kier alpha value is -1.38. The number of hydrogen-bond acceptors (Lipinski definition) is 3. The van der Waals surface area contributed by atoms with Crippen molar-refractivity contribution >= 4 is 11.5 Å². The van der Waals surface area contributed by atoms with Crippen LogP contribution in [0.2, 0.25) is 0 Å². The van der Waals surface area contributed by atoms with E-state index in [1.165, 1.54) is 17.0 Å². The molecule has 0 aliphatic heterocycles. The van der Waals surface area contributed by atoms with Crippen molar-refractivity contribution in [3.63, 3.8) is 0 Å². The van der Waals surface area contributed by atoms with Crippen LogP contribution in [0.4, 0.5) is 0 Å². The second-order valence-corrected chi connectivity index (χ2v) is 9.45. The molecule has 0 amide bonds. The number of rotatable bonds is 13. The minimum atomic E-state index is 0.258. The SMILES string of the molecule is C=C(CC(C)(C)C)N(CCC)C/C(C)=C/N=C(C)CCC(C)CCC(C)=O. The van der Waals surface area contributed by atoms with Gasteiger partial charge >= 0.3 is 0 Å². The molecule has 0 aromatic carbocycles. The van der Waals surface area contributed by atoms with Crippen LogP contribution in [-0.4, -0.2) is 29.5 Å². The summed E-state index contributed by atoms with van der Waals surface area (Å²) in [6, 6.07) is 0. The van der Waals surface area contributed by atoms with Gasteiger partial charge in [-0.2, -0.15) is 0 Å². The van der Waals surface area contributed by atoms with Crippen LogP contribution in [0.3, 0.4) is 0 Å². The summed E-state index contributed by atoms with van der Waals surface area (Å²) in [7, 11) is 0. The minimum absolute atomic E-state index is 0.258. The van der Waals surface area contributed by atoms with Gasteiger partial charge in [0.25, 0.3) is 0 Å². The van der Waals surface area contributed by atoms with Crippen LogP contribution >= 0.6 is 0 Å². The lowest BCUT2D eigenvalue weighted by atomic mass is 9.90. The Kier molecular flexibility index (Phi) is 12.2. The summed E-state index contributed by atoms with van der Waals surface area (Å²) in [6.07, 6.45) is 7.93. The van der Waals surface area contributed by atoms with E-state index < -0.39 is 0 Å². The van der Waals surface area contributed by atoms with Gasteiger partial charge in [0.15, 0.2) is 0 Å². The molecule has 156 valence electrons. The first-order valence-corrected chi connectivity index (χ1v) is 10.6. The second kappa shape index (κ2) is 12.9. The molecule has 0 heterocycles. The first kappa shape index (κ1) is 25.6. The van der Waals surface area contributed by atoms with Gasteiger partial charge in [0.2, 0.25) is 0 Å². The standard InChI is InChI=1S/C24H44N2O/c1-10-15-26(22(5)16-24(7,8)9)18-20(3)17-25-21(4)13-11-19(2)12-14-23(6)27/h17,19H,5,10-16,18H2,1-4,6-9H3/b20-17+,25-21?. The largest absolute Gasteiger partial charge is 0.371 e. The van der Waals surface area contributed by atoms with Crippen molar-refractivity contribution < 1.29 is 4.79 Å². The summed E-state index contributed by atoms with van der Waals surface area (Å²) >= 11 is 0. The Morgan fingerprint density at radius 3 is 2.26 bits per heavy atom. The molecule has 27 heavy (non-hydrogen) atoms. The van der Waals surface area contributed by atoms with E-state index in [0.717, 1.165) is 45.2 Å². The molecular weight excluding hydrogens is 332 g/mol. The first-order valence-electron chi connectivity index (χ1n) is 10.6. The monoisotopic (exact) mass is 376 g/mol. The summed E-state index contributed by atoms with van der Waals surface area (Å²) in [5.41, 5.74) is 3.91. The molecule has 0 saturated carbocycles. The summed E-state index contributed by atoms with van der Waals surface area (Å²) in [6.45, 7) is 23.4. The molecule has 0 rings (SSSR count). The molecule has 0 aliphatic carbocycles. The number of nitrogens with zero attached hydrogens (tertiary/aromatic N) is 2. The average Bonchev–Trinajstić information content (AvgIpc) is 2.54. The molecule has 0 aromatic rings. The quantitative estimate of drug-likeness (QED) is 0.331. The maximum atomic E-state index is 11.1. The molecule has 0 fully saturated rings. The van der Waals surface area contributed by atoms with E-state index in [4.69, 9.17) is 0 Å². The Bertz CT molecular complexity index is 523. The van der Waals surface area contributed by atoms with Gasteiger partial charge in [-0.05, 0) is 69.8 Å². The summed E-state index contributed by atoms with van der Waals surface area (Å²) in [5.74, 6) is 0.861. The van der Waals surface area contributed by atoms with Gasteiger partial charge in [-0.3, -0.25) is 4.99 Å². The molecule has 0 bridgehead atoms. The fourth-order valence-electron chi connectivity index (χ4n) is 3.02. The van der Waals surface area contributed by atoms with Crippen molar-refractivity contribution in [1.29, 1.82) is 0 Å². The summed E-state index contributed by atoms with van der Waals surface area (Å²) in [5, 5.41) is 0. The Balaban J connectivity index is 4.63. The van der Waals surface area contributed by atoms with Gasteiger partial charge < -0.3 is 9.69 Å². The number of ketones is 1. The molecule has 1 atom stereocenters. The molecule has 0 spiro atoms. The van der Waals surface area contributed by atoms with Crippen molar-refractivity contribution in [2.45, 2.75) is 93.9 Å². The highest BCUT2D eigenvalue weighted by Gasteiger charge is 2.16. The van der Waals surface area contributed by atoms with Gasteiger partial charge in [-0.1, -0.05) is 41.2 Å². The molecule has 3 heteroatoms. The molecule has 3 nitrogen and oxygen atoms in total. The van der Waals surface area contributed by atoms with Crippen LogP contribution in [-0.2, 0) is 4.79 Å². The number of Topliss-reactive ketones (excluding diaryl/α,β-unsaturated/α-hetero) is 1. The minimum Gasteiger partial charge on any atom is -0.371 e. The highest BCUT2D eigenvalue weighted by Crippen LogP contribution is 2.25. The lowest BCUT2D eigenvalue weighted by molar-refractivity contribution is -0.117. The van der Waals surface area contributed by atoms with E-state index in [2.05, 4.69) is 64.9 Å². The summed E-state index contributed by atoms with van der Waals surface area (Å²) < 4.78 is 0. The third kappa shape index (κ3) is 14.4. The molecule has 1 unspecified atom stereocenters. The van der Waals surface area contributed by atoms with Gasteiger partial charge in [0.05, 0.1) is 0 Å². The van der Waals surface area contributed by atoms with Crippen LogP contribution in [0.15, 0.2) is 29.0 Å². The predicted octanol–water partition coefficient (Wildman–Crippen LogP) is 6.80.